The van der Waals surface area contributed by atoms with Gasteiger partial charge in [0.15, 0.2) is 0 Å². The molecule has 0 fully saturated rings. The van der Waals surface area contributed by atoms with Crippen LogP contribution in [0.25, 0.3) is 0 Å². The maximum Gasteiger partial charge on any atom is 0.374 e. The number of carboxylic acids is 1. The molecule has 0 aliphatic carbocycles. The van der Waals surface area contributed by atoms with Crippen molar-refractivity contribution in [1.82, 2.24) is 0 Å². The van der Waals surface area contributed by atoms with E-state index in [0.717, 1.165) is 5.56 Å². The molecular weight excluding hydrogens is 210 g/mol. The normalized spacial score (nSPS) is 11.6. The topological polar surface area (TPSA) is 37.3 Å². The first-order valence-corrected chi connectivity index (χ1v) is 5.01. The van der Waals surface area contributed by atoms with E-state index in [4.69, 9.17) is 5.11 Å². The summed E-state index contributed by atoms with van der Waals surface area (Å²) < 4.78 is 25.7. The Kier molecular flexibility index (Phi) is 3.21. The highest BCUT2D eigenvalue weighted by molar-refractivity contribution is 7.10. The molecule has 1 rings (SSSR count). The first-order valence-electron chi connectivity index (χ1n) is 4.14. The fraction of sp³-hybridized carbons (Fsp3) is 0.444. The highest BCUT2D eigenvalue weighted by Gasteiger charge is 2.39. The van der Waals surface area contributed by atoms with Gasteiger partial charge in [0, 0.05) is 4.88 Å². The van der Waals surface area contributed by atoms with Gasteiger partial charge in [-0.1, -0.05) is 6.92 Å². The third kappa shape index (κ3) is 2.29. The molecule has 2 nitrogen and oxygen atoms in total. The molecule has 0 aromatic carbocycles. The summed E-state index contributed by atoms with van der Waals surface area (Å²) in [5, 5.41) is 9.96. The van der Waals surface area contributed by atoms with Gasteiger partial charge in [-0.2, -0.15) is 8.78 Å². The Morgan fingerprint density at radius 1 is 1.64 bits per heavy atom. The average molecular weight is 220 g/mol. The number of rotatable bonds is 4. The zero-order valence-corrected chi connectivity index (χ0v) is 8.41. The van der Waals surface area contributed by atoms with Crippen molar-refractivity contribution in [3.8, 4) is 0 Å². The Morgan fingerprint density at radius 3 is 2.79 bits per heavy atom. The van der Waals surface area contributed by atoms with Gasteiger partial charge in [0.05, 0.1) is 6.42 Å². The van der Waals surface area contributed by atoms with E-state index in [0.29, 0.717) is 11.3 Å². The zero-order chi connectivity index (χ0) is 10.8. The largest absolute Gasteiger partial charge is 0.477 e. The minimum Gasteiger partial charge on any atom is -0.477 e. The van der Waals surface area contributed by atoms with E-state index < -0.39 is 18.3 Å². The lowest BCUT2D eigenvalue weighted by Gasteiger charge is -2.10. The maximum absolute atomic E-state index is 12.8. The highest BCUT2D eigenvalue weighted by atomic mass is 32.1. The molecule has 0 saturated heterocycles. The van der Waals surface area contributed by atoms with E-state index in [2.05, 4.69) is 0 Å². The monoisotopic (exact) mass is 220 g/mol. The summed E-state index contributed by atoms with van der Waals surface area (Å²) in [6.45, 7) is 1.85. The molecule has 0 saturated carbocycles. The van der Waals surface area contributed by atoms with Crippen molar-refractivity contribution in [2.75, 3.05) is 0 Å². The minimum atomic E-state index is -3.66. The molecule has 0 unspecified atom stereocenters. The van der Waals surface area contributed by atoms with Crippen molar-refractivity contribution < 1.29 is 18.7 Å². The van der Waals surface area contributed by atoms with Crippen molar-refractivity contribution in [2.45, 2.75) is 25.7 Å². The molecule has 1 N–H and O–H groups in total. The van der Waals surface area contributed by atoms with Crippen LogP contribution in [0.5, 0.6) is 0 Å². The summed E-state index contributed by atoms with van der Waals surface area (Å²) in [5.74, 6) is -5.72. The first kappa shape index (κ1) is 11.1. The van der Waals surface area contributed by atoms with Crippen LogP contribution in [0.4, 0.5) is 8.78 Å². The molecule has 78 valence electrons. The summed E-state index contributed by atoms with van der Waals surface area (Å²) in [6, 6.07) is 1.75. The Hall–Kier alpha value is -0.970. The first-order chi connectivity index (χ1) is 6.47. The Bertz CT molecular complexity index is 333. The second-order valence-corrected chi connectivity index (χ2v) is 3.91. The molecule has 5 heteroatoms. The van der Waals surface area contributed by atoms with Crippen LogP contribution in [0.3, 0.4) is 0 Å². The summed E-state index contributed by atoms with van der Waals surface area (Å²) in [4.78, 5) is 10.7. The fourth-order valence-corrected chi connectivity index (χ4v) is 2.14. The van der Waals surface area contributed by atoms with Crippen LogP contribution >= 0.6 is 11.3 Å². The quantitative estimate of drug-likeness (QED) is 0.846. The number of hydrogen-bond donors (Lipinski definition) is 1. The van der Waals surface area contributed by atoms with Gasteiger partial charge in [0.2, 0.25) is 0 Å². The van der Waals surface area contributed by atoms with Gasteiger partial charge in [-0.25, -0.2) is 4.79 Å². The molecule has 0 amide bonds. The van der Waals surface area contributed by atoms with Crippen LogP contribution < -0.4 is 0 Å². The molecule has 1 heterocycles. The number of thiophene rings is 1. The molecule has 0 radical (unpaired) electrons. The second kappa shape index (κ2) is 4.04. The van der Waals surface area contributed by atoms with Crippen molar-refractivity contribution in [3.05, 3.63) is 21.9 Å². The number of halogens is 2. The molecule has 0 aliphatic heterocycles. The van der Waals surface area contributed by atoms with Crippen LogP contribution in [0, 0.1) is 0 Å². The van der Waals surface area contributed by atoms with Crippen LogP contribution in [0.2, 0.25) is 0 Å². The highest BCUT2D eigenvalue weighted by Crippen LogP contribution is 2.26. The van der Waals surface area contributed by atoms with Crippen LogP contribution in [-0.4, -0.2) is 17.0 Å². The summed E-state index contributed by atoms with van der Waals surface area (Å²) in [5.41, 5.74) is 0.802. The van der Waals surface area contributed by atoms with E-state index in [1.165, 1.54) is 11.3 Å². The molecule has 0 spiro atoms. The van der Waals surface area contributed by atoms with Crippen molar-refractivity contribution in [2.24, 2.45) is 0 Å². The molecule has 0 aliphatic rings. The van der Waals surface area contributed by atoms with Gasteiger partial charge in [0.1, 0.15) is 0 Å². The van der Waals surface area contributed by atoms with Crippen molar-refractivity contribution >= 4 is 17.3 Å². The van der Waals surface area contributed by atoms with Gasteiger partial charge in [-0.15, -0.1) is 11.3 Å². The third-order valence-electron chi connectivity index (χ3n) is 1.91. The number of hydrogen-bond acceptors (Lipinski definition) is 2. The van der Waals surface area contributed by atoms with Gasteiger partial charge in [0.25, 0.3) is 0 Å². The van der Waals surface area contributed by atoms with E-state index in [1.54, 1.807) is 11.4 Å². The van der Waals surface area contributed by atoms with Crippen LogP contribution in [-0.2, 0) is 17.6 Å². The predicted molar refractivity (Wildman–Crippen MR) is 50.0 cm³/mol. The number of carbonyl (C=O) groups is 1. The smallest absolute Gasteiger partial charge is 0.374 e. The summed E-state index contributed by atoms with van der Waals surface area (Å²) >= 11 is 1.18. The lowest BCUT2D eigenvalue weighted by atomic mass is 10.1. The Labute approximate surface area is 84.2 Å². The Balaban J connectivity index is 2.83. The maximum atomic E-state index is 12.8. The van der Waals surface area contributed by atoms with Crippen molar-refractivity contribution in [1.29, 1.82) is 0 Å². The van der Waals surface area contributed by atoms with E-state index in [-0.39, 0.29) is 0 Å². The summed E-state index contributed by atoms with van der Waals surface area (Å²) in [7, 11) is 0. The SMILES string of the molecule is CCc1ccsc1CC(F)(F)C(=O)O. The molecule has 14 heavy (non-hydrogen) atoms. The number of aryl methyl sites for hydroxylation is 1. The van der Waals surface area contributed by atoms with Crippen LogP contribution in [0.15, 0.2) is 11.4 Å². The lowest BCUT2D eigenvalue weighted by Crippen LogP contribution is -2.30. The van der Waals surface area contributed by atoms with Gasteiger partial charge in [-0.3, -0.25) is 0 Å². The molecule has 0 bridgehead atoms. The number of alkyl halides is 2. The molecule has 0 atom stereocenters. The van der Waals surface area contributed by atoms with Crippen LogP contribution in [0.1, 0.15) is 17.4 Å². The van der Waals surface area contributed by atoms with E-state index >= 15 is 0 Å². The number of aliphatic carboxylic acids is 1. The third-order valence-corrected chi connectivity index (χ3v) is 2.88. The van der Waals surface area contributed by atoms with Crippen molar-refractivity contribution in [3.63, 3.8) is 0 Å². The minimum absolute atomic E-state index is 0.458. The fourth-order valence-electron chi connectivity index (χ4n) is 1.11. The standard InChI is InChI=1S/C9H10F2O2S/c1-2-6-3-4-14-7(6)5-9(10,11)8(12)13/h3-4H,2,5H2,1H3,(H,12,13). The zero-order valence-electron chi connectivity index (χ0n) is 7.59. The lowest BCUT2D eigenvalue weighted by molar-refractivity contribution is -0.164. The second-order valence-electron chi connectivity index (χ2n) is 2.91. The predicted octanol–water partition coefficient (Wildman–Crippen LogP) is 2.57. The van der Waals surface area contributed by atoms with E-state index in [9.17, 15) is 13.6 Å². The average Bonchev–Trinajstić information content (AvgIpc) is 2.50. The molecule has 1 aromatic heterocycles. The van der Waals surface area contributed by atoms with E-state index in [1.807, 2.05) is 6.92 Å². The van der Waals surface area contributed by atoms with Gasteiger partial charge in [-0.05, 0) is 23.4 Å². The molecular formula is C9H10F2O2S. The summed E-state index contributed by atoms with van der Waals surface area (Å²) in [6.07, 6.45) is -0.0578. The Morgan fingerprint density at radius 2 is 2.29 bits per heavy atom. The van der Waals surface area contributed by atoms with Gasteiger partial charge < -0.3 is 5.11 Å². The molecule has 1 aromatic rings. The number of carboxylic acid groups (broad SMARTS) is 1. The van der Waals surface area contributed by atoms with Gasteiger partial charge >= 0.3 is 11.9 Å².